The molecule has 0 heterocycles. The first-order valence-electron chi connectivity index (χ1n) is 3.88. The van der Waals surface area contributed by atoms with Gasteiger partial charge >= 0.3 is 5.97 Å². The third-order valence-corrected chi connectivity index (χ3v) is 1.48. The summed E-state index contributed by atoms with van der Waals surface area (Å²) in [6.07, 6.45) is 3.05. The van der Waals surface area contributed by atoms with Crippen LogP contribution < -0.4 is 0 Å². The number of hydrogen-bond acceptors (Lipinski definition) is 3. The predicted molar refractivity (Wildman–Crippen MR) is 43.6 cm³/mol. The first-order chi connectivity index (χ1) is 5.66. The maximum absolute atomic E-state index is 10.1. The number of carboxylic acids is 1. The van der Waals surface area contributed by atoms with E-state index >= 15 is 0 Å². The average Bonchev–Trinajstić information content (AvgIpc) is 2.03. The van der Waals surface area contributed by atoms with Gasteiger partial charge in [0.05, 0.1) is 0 Å². The van der Waals surface area contributed by atoms with E-state index in [0.717, 1.165) is 12.8 Å². The third kappa shape index (κ3) is 7.08. The van der Waals surface area contributed by atoms with Crippen LogP contribution in [-0.4, -0.2) is 16.3 Å². The fourth-order valence-corrected chi connectivity index (χ4v) is 0.821. The number of rotatable bonds is 7. The Hall–Kier alpha value is -1.03. The Morgan fingerprint density at radius 1 is 1.25 bits per heavy atom. The topological polar surface area (TPSA) is 66.8 Å². The Labute approximate surface area is 71.4 Å². The highest BCUT2D eigenvalue weighted by Gasteiger charge is 1.98. The Bertz CT molecular complexity index is 153. The first-order valence-corrected chi connectivity index (χ1v) is 3.88. The molecule has 0 bridgehead atoms. The first kappa shape index (κ1) is 11.0. The van der Waals surface area contributed by atoms with Crippen molar-refractivity contribution in [2.75, 3.05) is 0 Å². The van der Waals surface area contributed by atoms with Gasteiger partial charge in [0, 0.05) is 12.8 Å². The molecule has 12 heavy (non-hydrogen) atoms. The lowest BCUT2D eigenvalue weighted by molar-refractivity contribution is -0.205. The van der Waals surface area contributed by atoms with Crippen molar-refractivity contribution < 1.29 is 20.0 Å². The molecular formula is C8H14O4. The molecule has 0 saturated heterocycles. The molecule has 70 valence electrons. The number of carboxylic acid groups (broad SMARTS) is 1. The van der Waals surface area contributed by atoms with Gasteiger partial charge in [-0.25, -0.2) is 5.26 Å². The minimum absolute atomic E-state index is 0.201. The maximum atomic E-state index is 10.1. The van der Waals surface area contributed by atoms with Gasteiger partial charge in [-0.15, -0.1) is 0 Å². The van der Waals surface area contributed by atoms with E-state index in [0.29, 0.717) is 18.6 Å². The molecule has 4 heteroatoms. The summed E-state index contributed by atoms with van der Waals surface area (Å²) in [7, 11) is 0. The van der Waals surface area contributed by atoms with Crippen LogP contribution in [0, 0.1) is 0 Å². The Morgan fingerprint density at radius 3 is 2.33 bits per heavy atom. The molecule has 0 aliphatic carbocycles. The molecule has 0 radical (unpaired) electrons. The van der Waals surface area contributed by atoms with Gasteiger partial charge in [0.1, 0.15) is 5.76 Å². The Balaban J connectivity index is 3.11. The van der Waals surface area contributed by atoms with Crippen molar-refractivity contribution in [2.45, 2.75) is 32.1 Å². The van der Waals surface area contributed by atoms with Gasteiger partial charge in [-0.2, -0.15) is 0 Å². The zero-order valence-electron chi connectivity index (χ0n) is 6.95. The van der Waals surface area contributed by atoms with E-state index in [4.69, 9.17) is 10.4 Å². The molecule has 0 aliphatic rings. The molecule has 0 rings (SSSR count). The predicted octanol–water partition coefficient (Wildman–Crippen LogP) is 2.02. The van der Waals surface area contributed by atoms with Gasteiger partial charge in [0.25, 0.3) is 0 Å². The second-order valence-electron chi connectivity index (χ2n) is 2.58. The minimum atomic E-state index is -0.771. The summed E-state index contributed by atoms with van der Waals surface area (Å²) < 4.78 is 0. The molecule has 0 unspecified atom stereocenters. The van der Waals surface area contributed by atoms with E-state index in [-0.39, 0.29) is 6.42 Å². The van der Waals surface area contributed by atoms with E-state index in [9.17, 15) is 4.79 Å². The van der Waals surface area contributed by atoms with E-state index in [1.807, 2.05) is 0 Å². The Morgan fingerprint density at radius 2 is 1.83 bits per heavy atom. The zero-order chi connectivity index (χ0) is 9.40. The zero-order valence-corrected chi connectivity index (χ0v) is 6.95. The quantitative estimate of drug-likeness (QED) is 0.268. The summed E-state index contributed by atoms with van der Waals surface area (Å²) in [6.45, 7) is 3.42. The van der Waals surface area contributed by atoms with Gasteiger partial charge < -0.3 is 9.99 Å². The SMILES string of the molecule is C=C(CCCCCC(=O)O)OO. The van der Waals surface area contributed by atoms with Gasteiger partial charge in [0.2, 0.25) is 0 Å². The van der Waals surface area contributed by atoms with Crippen molar-refractivity contribution in [3.05, 3.63) is 12.3 Å². The molecule has 0 aromatic heterocycles. The molecular weight excluding hydrogens is 160 g/mol. The fraction of sp³-hybridized carbons (Fsp3) is 0.625. The van der Waals surface area contributed by atoms with Crippen LogP contribution in [0.1, 0.15) is 32.1 Å². The number of allylic oxidation sites excluding steroid dienone is 1. The fourth-order valence-electron chi connectivity index (χ4n) is 0.821. The summed E-state index contributed by atoms with van der Waals surface area (Å²) in [4.78, 5) is 13.9. The van der Waals surface area contributed by atoms with Crippen molar-refractivity contribution in [3.63, 3.8) is 0 Å². The number of carbonyl (C=O) groups is 1. The lowest BCUT2D eigenvalue weighted by atomic mass is 10.1. The molecule has 0 spiro atoms. The molecule has 0 atom stereocenters. The maximum Gasteiger partial charge on any atom is 0.303 e. The van der Waals surface area contributed by atoms with Crippen molar-refractivity contribution in [1.82, 2.24) is 0 Å². The number of unbranched alkanes of at least 4 members (excludes halogenated alkanes) is 2. The monoisotopic (exact) mass is 174 g/mol. The molecule has 0 amide bonds. The summed E-state index contributed by atoms with van der Waals surface area (Å²) in [5.74, 6) is -0.447. The Kier molecular flexibility index (Phi) is 6.09. The number of aliphatic carboxylic acids is 1. The normalized spacial score (nSPS) is 9.42. The third-order valence-electron chi connectivity index (χ3n) is 1.48. The highest BCUT2D eigenvalue weighted by Crippen LogP contribution is 2.08. The van der Waals surface area contributed by atoms with Gasteiger partial charge in [-0.05, 0) is 12.8 Å². The van der Waals surface area contributed by atoms with E-state index in [1.165, 1.54) is 0 Å². The van der Waals surface area contributed by atoms with Crippen LogP contribution in [0.25, 0.3) is 0 Å². The largest absolute Gasteiger partial charge is 0.481 e. The summed E-state index contributed by atoms with van der Waals surface area (Å²) in [5.41, 5.74) is 0. The second kappa shape index (κ2) is 6.67. The molecule has 2 N–H and O–H groups in total. The van der Waals surface area contributed by atoms with E-state index < -0.39 is 5.97 Å². The molecule has 0 aromatic carbocycles. The van der Waals surface area contributed by atoms with Gasteiger partial charge in [-0.1, -0.05) is 13.0 Å². The molecule has 0 fully saturated rings. The van der Waals surface area contributed by atoms with Gasteiger partial charge in [-0.3, -0.25) is 4.79 Å². The van der Waals surface area contributed by atoms with Crippen LogP contribution in [-0.2, 0) is 9.68 Å². The second-order valence-corrected chi connectivity index (χ2v) is 2.58. The lowest BCUT2D eigenvalue weighted by Gasteiger charge is -2.00. The van der Waals surface area contributed by atoms with Crippen LogP contribution >= 0.6 is 0 Å². The molecule has 0 aliphatic heterocycles. The van der Waals surface area contributed by atoms with E-state index in [2.05, 4.69) is 11.5 Å². The van der Waals surface area contributed by atoms with Crippen LogP contribution in [0.3, 0.4) is 0 Å². The highest BCUT2D eigenvalue weighted by molar-refractivity contribution is 5.66. The van der Waals surface area contributed by atoms with Crippen LogP contribution in [0.15, 0.2) is 12.3 Å². The summed E-state index contributed by atoms with van der Waals surface area (Å²) in [6, 6.07) is 0. The highest BCUT2D eigenvalue weighted by atomic mass is 17.1. The molecule has 0 saturated carbocycles. The lowest BCUT2D eigenvalue weighted by Crippen LogP contribution is -1.94. The van der Waals surface area contributed by atoms with Crippen LogP contribution in [0.4, 0.5) is 0 Å². The number of hydrogen-bond donors (Lipinski definition) is 2. The van der Waals surface area contributed by atoms with Crippen LogP contribution in [0.2, 0.25) is 0 Å². The summed E-state index contributed by atoms with van der Waals surface area (Å²) in [5, 5.41) is 16.4. The van der Waals surface area contributed by atoms with Crippen molar-refractivity contribution in [2.24, 2.45) is 0 Å². The van der Waals surface area contributed by atoms with Crippen molar-refractivity contribution in [3.8, 4) is 0 Å². The van der Waals surface area contributed by atoms with Crippen LogP contribution in [0.5, 0.6) is 0 Å². The van der Waals surface area contributed by atoms with Gasteiger partial charge in [0.15, 0.2) is 0 Å². The summed E-state index contributed by atoms with van der Waals surface area (Å²) >= 11 is 0. The smallest absolute Gasteiger partial charge is 0.303 e. The molecule has 0 aromatic rings. The minimum Gasteiger partial charge on any atom is -0.481 e. The average molecular weight is 174 g/mol. The molecule has 4 nitrogen and oxygen atoms in total. The van der Waals surface area contributed by atoms with Crippen molar-refractivity contribution in [1.29, 1.82) is 0 Å². The standard InChI is InChI=1S/C8H14O4/c1-7(12-11)5-3-2-4-6-8(9)10/h11H,1-6H2,(H,9,10). The van der Waals surface area contributed by atoms with Crippen molar-refractivity contribution >= 4 is 5.97 Å². The van der Waals surface area contributed by atoms with E-state index in [1.54, 1.807) is 0 Å².